The zero-order chi connectivity index (χ0) is 18.4. The Bertz CT molecular complexity index is 727. The van der Waals surface area contributed by atoms with Crippen LogP contribution in [0.1, 0.15) is 6.42 Å². The number of nitrogens with zero attached hydrogens (tertiary/aromatic N) is 2. The maximum Gasteiger partial charge on any atom is 0.226 e. The molecule has 5 nitrogen and oxygen atoms in total. The van der Waals surface area contributed by atoms with E-state index in [0.717, 1.165) is 31.9 Å². The minimum atomic E-state index is -0.292. The van der Waals surface area contributed by atoms with E-state index < -0.39 is 0 Å². The molecule has 0 radical (unpaired) electrons. The zero-order valence-corrected chi connectivity index (χ0v) is 15.0. The number of benzene rings is 2. The van der Waals surface area contributed by atoms with Gasteiger partial charge in [0.05, 0.1) is 0 Å². The van der Waals surface area contributed by atoms with E-state index in [9.17, 15) is 9.18 Å². The summed E-state index contributed by atoms with van der Waals surface area (Å²) in [7, 11) is 2.14. The van der Waals surface area contributed by atoms with Crippen LogP contribution in [0.25, 0.3) is 0 Å². The van der Waals surface area contributed by atoms with E-state index in [1.54, 1.807) is 12.1 Å². The predicted molar refractivity (Wildman–Crippen MR) is 104 cm³/mol. The van der Waals surface area contributed by atoms with Crippen molar-refractivity contribution in [2.75, 3.05) is 55.3 Å². The first-order valence-electron chi connectivity index (χ1n) is 8.93. The van der Waals surface area contributed by atoms with Gasteiger partial charge in [-0.3, -0.25) is 4.79 Å². The van der Waals surface area contributed by atoms with Gasteiger partial charge in [-0.25, -0.2) is 4.39 Å². The van der Waals surface area contributed by atoms with Crippen molar-refractivity contribution in [2.24, 2.45) is 0 Å². The number of likely N-dealkylation sites (N-methyl/N-ethyl adjacent to an activating group) is 1. The van der Waals surface area contributed by atoms with Gasteiger partial charge in [-0.15, -0.1) is 0 Å². The van der Waals surface area contributed by atoms with E-state index in [4.69, 9.17) is 0 Å². The molecule has 2 N–H and O–H groups in total. The largest absolute Gasteiger partial charge is 0.384 e. The normalized spacial score (nSPS) is 14.9. The standard InChI is InChI=1S/C20H25FN4O/c1-24-11-13-25(14-12-24)19-7-5-17(6-8-19)23-20(26)9-10-22-18-4-2-3-16(21)15-18/h2-8,15,22H,9-14H2,1H3,(H,23,26). The SMILES string of the molecule is CN1CCN(c2ccc(NC(=O)CCNc3cccc(F)c3)cc2)CC1. The van der Waals surface area contributed by atoms with Gasteiger partial charge < -0.3 is 20.4 Å². The Hall–Kier alpha value is -2.60. The summed E-state index contributed by atoms with van der Waals surface area (Å²) in [6, 6.07) is 14.2. The molecule has 1 amide bonds. The number of halogens is 1. The number of anilines is 3. The molecule has 0 atom stereocenters. The zero-order valence-electron chi connectivity index (χ0n) is 15.0. The van der Waals surface area contributed by atoms with Gasteiger partial charge in [0.1, 0.15) is 5.82 Å². The smallest absolute Gasteiger partial charge is 0.226 e. The Balaban J connectivity index is 1.44. The number of nitrogens with one attached hydrogen (secondary N) is 2. The van der Waals surface area contributed by atoms with Gasteiger partial charge in [-0.1, -0.05) is 6.07 Å². The van der Waals surface area contributed by atoms with Crippen LogP contribution in [-0.4, -0.2) is 50.6 Å². The van der Waals surface area contributed by atoms with E-state index >= 15 is 0 Å². The van der Waals surface area contributed by atoms with Crippen LogP contribution in [0.3, 0.4) is 0 Å². The Labute approximate surface area is 153 Å². The first-order valence-corrected chi connectivity index (χ1v) is 8.93. The number of carbonyl (C=O) groups is 1. The fourth-order valence-electron chi connectivity index (χ4n) is 2.96. The maximum atomic E-state index is 13.1. The van der Waals surface area contributed by atoms with E-state index in [-0.39, 0.29) is 11.7 Å². The molecule has 1 aliphatic rings. The lowest BCUT2D eigenvalue weighted by atomic mass is 10.2. The number of amides is 1. The van der Waals surface area contributed by atoms with Gasteiger partial charge in [0.25, 0.3) is 0 Å². The molecule has 0 aromatic heterocycles. The summed E-state index contributed by atoms with van der Waals surface area (Å²) in [6.07, 6.45) is 0.316. The summed E-state index contributed by atoms with van der Waals surface area (Å²) in [4.78, 5) is 16.7. The van der Waals surface area contributed by atoms with Crippen molar-refractivity contribution in [3.63, 3.8) is 0 Å². The molecule has 0 aliphatic carbocycles. The fourth-order valence-corrected chi connectivity index (χ4v) is 2.96. The minimum Gasteiger partial charge on any atom is -0.384 e. The Morgan fingerprint density at radius 3 is 2.46 bits per heavy atom. The molecule has 1 saturated heterocycles. The molecule has 1 fully saturated rings. The van der Waals surface area contributed by atoms with Gasteiger partial charge in [-0.2, -0.15) is 0 Å². The molecule has 3 rings (SSSR count). The van der Waals surface area contributed by atoms with E-state index in [2.05, 4.69) is 27.5 Å². The van der Waals surface area contributed by atoms with E-state index in [1.165, 1.54) is 17.8 Å². The molecule has 6 heteroatoms. The summed E-state index contributed by atoms with van der Waals surface area (Å²) in [5, 5.41) is 5.94. The Morgan fingerprint density at radius 2 is 1.77 bits per heavy atom. The van der Waals surface area contributed by atoms with Crippen LogP contribution >= 0.6 is 0 Å². The van der Waals surface area contributed by atoms with Crippen molar-refractivity contribution in [1.29, 1.82) is 0 Å². The molecule has 0 spiro atoms. The maximum absolute atomic E-state index is 13.1. The summed E-state index contributed by atoms with van der Waals surface area (Å²) >= 11 is 0. The lowest BCUT2D eigenvalue weighted by molar-refractivity contribution is -0.115. The summed E-state index contributed by atoms with van der Waals surface area (Å²) in [6.45, 7) is 4.63. The number of rotatable bonds is 6. The summed E-state index contributed by atoms with van der Waals surface area (Å²) in [5.41, 5.74) is 2.65. The summed E-state index contributed by atoms with van der Waals surface area (Å²) < 4.78 is 13.1. The van der Waals surface area contributed by atoms with Crippen LogP contribution in [0, 0.1) is 5.82 Å². The van der Waals surface area contributed by atoms with Crippen molar-refractivity contribution < 1.29 is 9.18 Å². The van der Waals surface area contributed by atoms with E-state index in [1.807, 2.05) is 24.3 Å². The molecule has 0 saturated carbocycles. The highest BCUT2D eigenvalue weighted by Gasteiger charge is 2.14. The third-order valence-corrected chi connectivity index (χ3v) is 4.53. The first kappa shape index (κ1) is 18.2. The fraction of sp³-hybridized carbons (Fsp3) is 0.350. The number of carbonyl (C=O) groups excluding carboxylic acids is 1. The Morgan fingerprint density at radius 1 is 1.04 bits per heavy atom. The van der Waals surface area contributed by atoms with Gasteiger partial charge in [0.2, 0.25) is 5.91 Å². The quantitative estimate of drug-likeness (QED) is 0.835. The number of piperazine rings is 1. The highest BCUT2D eigenvalue weighted by molar-refractivity contribution is 5.91. The lowest BCUT2D eigenvalue weighted by Crippen LogP contribution is -2.44. The molecule has 1 heterocycles. The second-order valence-electron chi connectivity index (χ2n) is 6.57. The first-order chi connectivity index (χ1) is 12.6. The third-order valence-electron chi connectivity index (χ3n) is 4.53. The molecule has 1 aliphatic heterocycles. The second-order valence-corrected chi connectivity index (χ2v) is 6.57. The van der Waals surface area contributed by atoms with Crippen molar-refractivity contribution >= 4 is 23.0 Å². The van der Waals surface area contributed by atoms with Gasteiger partial charge in [-0.05, 0) is 49.5 Å². The molecule has 2 aromatic rings. The highest BCUT2D eigenvalue weighted by Crippen LogP contribution is 2.19. The molecular weight excluding hydrogens is 331 g/mol. The topological polar surface area (TPSA) is 47.6 Å². The minimum absolute atomic E-state index is 0.0683. The van der Waals surface area contributed by atoms with Gasteiger partial charge in [0, 0.05) is 56.2 Å². The molecule has 138 valence electrons. The highest BCUT2D eigenvalue weighted by atomic mass is 19.1. The van der Waals surface area contributed by atoms with Crippen molar-refractivity contribution in [3.8, 4) is 0 Å². The Kier molecular flexibility index (Phi) is 6.07. The van der Waals surface area contributed by atoms with Crippen LogP contribution < -0.4 is 15.5 Å². The van der Waals surface area contributed by atoms with Crippen LogP contribution in [0.15, 0.2) is 48.5 Å². The molecule has 26 heavy (non-hydrogen) atoms. The third kappa shape index (κ3) is 5.20. The van der Waals surface area contributed by atoms with Crippen molar-refractivity contribution in [3.05, 3.63) is 54.3 Å². The number of hydrogen-bond acceptors (Lipinski definition) is 4. The predicted octanol–water partition coefficient (Wildman–Crippen LogP) is 3.02. The average Bonchev–Trinajstić information content (AvgIpc) is 2.63. The van der Waals surface area contributed by atoms with Crippen LogP contribution in [0.2, 0.25) is 0 Å². The average molecular weight is 356 g/mol. The van der Waals surface area contributed by atoms with Crippen LogP contribution in [0.5, 0.6) is 0 Å². The second kappa shape index (κ2) is 8.67. The van der Waals surface area contributed by atoms with Crippen molar-refractivity contribution in [1.82, 2.24) is 4.90 Å². The van der Waals surface area contributed by atoms with Crippen LogP contribution in [-0.2, 0) is 4.79 Å². The lowest BCUT2D eigenvalue weighted by Gasteiger charge is -2.34. The monoisotopic (exact) mass is 356 g/mol. The van der Waals surface area contributed by atoms with Gasteiger partial charge in [0.15, 0.2) is 0 Å². The molecule has 0 unspecified atom stereocenters. The van der Waals surface area contributed by atoms with Gasteiger partial charge >= 0.3 is 0 Å². The molecule has 2 aromatic carbocycles. The van der Waals surface area contributed by atoms with Crippen LogP contribution in [0.4, 0.5) is 21.5 Å². The van der Waals surface area contributed by atoms with E-state index in [0.29, 0.717) is 18.7 Å². The number of hydrogen-bond donors (Lipinski definition) is 2. The molecular formula is C20H25FN4O. The van der Waals surface area contributed by atoms with Crippen molar-refractivity contribution in [2.45, 2.75) is 6.42 Å². The summed E-state index contributed by atoms with van der Waals surface area (Å²) in [5.74, 6) is -0.360. The molecule has 0 bridgehead atoms.